The van der Waals surface area contributed by atoms with Gasteiger partial charge in [-0.2, -0.15) is 0 Å². The minimum absolute atomic E-state index is 0.0204. The summed E-state index contributed by atoms with van der Waals surface area (Å²) in [7, 11) is 0. The van der Waals surface area contributed by atoms with Gasteiger partial charge in [-0.25, -0.2) is 4.98 Å². The zero-order valence-electron chi connectivity index (χ0n) is 16.8. The Labute approximate surface area is 170 Å². The van der Waals surface area contributed by atoms with Crippen LogP contribution in [0.3, 0.4) is 0 Å². The fraction of sp³-hybridized carbons (Fsp3) is 0.391. The standard InChI is InChI=1S/C23H27N3O3/c1-17-6-4-7-18(16-17)28-15-13-26-20-9-3-2-8-19(20)25-22(26)11-12-24-23(27)21-10-5-14-29-21/h2-4,6-9,16,21H,5,10-15H2,1H3,(H,24,27). The lowest BCUT2D eigenvalue weighted by Crippen LogP contribution is -2.35. The maximum Gasteiger partial charge on any atom is 0.249 e. The molecule has 2 heterocycles. The zero-order valence-corrected chi connectivity index (χ0v) is 16.8. The monoisotopic (exact) mass is 393 g/mol. The van der Waals surface area contributed by atoms with Gasteiger partial charge in [0.25, 0.3) is 0 Å². The highest BCUT2D eigenvalue weighted by Crippen LogP contribution is 2.18. The lowest BCUT2D eigenvalue weighted by molar-refractivity contribution is -0.130. The van der Waals surface area contributed by atoms with E-state index in [2.05, 4.69) is 28.9 Å². The van der Waals surface area contributed by atoms with Crippen LogP contribution >= 0.6 is 0 Å². The zero-order chi connectivity index (χ0) is 20.1. The highest BCUT2D eigenvalue weighted by molar-refractivity contribution is 5.81. The molecule has 1 aliphatic heterocycles. The molecule has 1 amide bonds. The highest BCUT2D eigenvalue weighted by atomic mass is 16.5. The van der Waals surface area contributed by atoms with Crippen molar-refractivity contribution in [2.24, 2.45) is 0 Å². The van der Waals surface area contributed by atoms with Gasteiger partial charge in [-0.1, -0.05) is 24.3 Å². The fourth-order valence-corrected chi connectivity index (χ4v) is 3.72. The summed E-state index contributed by atoms with van der Waals surface area (Å²) >= 11 is 0. The summed E-state index contributed by atoms with van der Waals surface area (Å²) in [6, 6.07) is 16.2. The Hall–Kier alpha value is -2.86. The summed E-state index contributed by atoms with van der Waals surface area (Å²) in [5.74, 6) is 1.81. The van der Waals surface area contributed by atoms with Gasteiger partial charge in [0.1, 0.15) is 24.3 Å². The third-order valence-electron chi connectivity index (χ3n) is 5.18. The van der Waals surface area contributed by atoms with Crippen LogP contribution in [-0.4, -0.2) is 41.3 Å². The number of hydrogen-bond donors (Lipinski definition) is 1. The summed E-state index contributed by atoms with van der Waals surface area (Å²) in [5.41, 5.74) is 3.22. The van der Waals surface area contributed by atoms with E-state index in [0.29, 0.717) is 32.7 Å². The molecule has 1 fully saturated rings. The van der Waals surface area contributed by atoms with E-state index in [1.54, 1.807) is 0 Å². The molecule has 29 heavy (non-hydrogen) atoms. The molecule has 0 bridgehead atoms. The molecule has 1 unspecified atom stereocenters. The van der Waals surface area contributed by atoms with Crippen molar-refractivity contribution in [3.8, 4) is 5.75 Å². The Bertz CT molecular complexity index is 976. The second-order valence-corrected chi connectivity index (χ2v) is 7.38. The van der Waals surface area contributed by atoms with Gasteiger partial charge in [0.05, 0.1) is 17.6 Å². The van der Waals surface area contributed by atoms with Gasteiger partial charge in [0.15, 0.2) is 0 Å². The number of hydrogen-bond acceptors (Lipinski definition) is 4. The SMILES string of the molecule is Cc1cccc(OCCn2c(CCNC(=O)C3CCCO3)nc3ccccc32)c1. The number of nitrogens with zero attached hydrogens (tertiary/aromatic N) is 2. The van der Waals surface area contributed by atoms with E-state index >= 15 is 0 Å². The Morgan fingerprint density at radius 1 is 1.28 bits per heavy atom. The van der Waals surface area contributed by atoms with Crippen molar-refractivity contribution < 1.29 is 14.3 Å². The second kappa shape index (κ2) is 9.09. The molecule has 2 aromatic carbocycles. The van der Waals surface area contributed by atoms with E-state index in [0.717, 1.165) is 35.4 Å². The molecule has 6 heteroatoms. The van der Waals surface area contributed by atoms with Gasteiger partial charge in [-0.3, -0.25) is 4.79 Å². The maximum absolute atomic E-state index is 12.2. The number of fused-ring (bicyclic) bond motifs is 1. The van der Waals surface area contributed by atoms with E-state index in [1.807, 2.05) is 36.4 Å². The molecule has 0 aliphatic carbocycles. The Morgan fingerprint density at radius 3 is 3.00 bits per heavy atom. The molecule has 1 atom stereocenters. The number of nitrogens with one attached hydrogen (secondary N) is 1. The van der Waals surface area contributed by atoms with Crippen LogP contribution in [-0.2, 0) is 22.5 Å². The summed E-state index contributed by atoms with van der Waals surface area (Å²) in [6.07, 6.45) is 2.13. The number of rotatable bonds is 8. The Balaban J connectivity index is 1.40. The number of carbonyl (C=O) groups excluding carboxylic acids is 1. The number of amides is 1. The van der Waals surface area contributed by atoms with Gasteiger partial charge < -0.3 is 19.4 Å². The van der Waals surface area contributed by atoms with Crippen LogP contribution in [0.15, 0.2) is 48.5 Å². The van der Waals surface area contributed by atoms with Gasteiger partial charge in [-0.15, -0.1) is 0 Å². The number of ether oxygens (including phenoxy) is 2. The number of aromatic nitrogens is 2. The lowest BCUT2D eigenvalue weighted by Gasteiger charge is -2.13. The summed E-state index contributed by atoms with van der Waals surface area (Å²) in [6.45, 7) is 4.53. The van der Waals surface area contributed by atoms with Crippen molar-refractivity contribution in [3.63, 3.8) is 0 Å². The fourth-order valence-electron chi connectivity index (χ4n) is 3.72. The molecule has 0 saturated carbocycles. The van der Waals surface area contributed by atoms with Crippen molar-refractivity contribution >= 4 is 16.9 Å². The van der Waals surface area contributed by atoms with Crippen molar-refractivity contribution in [2.45, 2.75) is 38.8 Å². The molecule has 1 aromatic heterocycles. The minimum Gasteiger partial charge on any atom is -0.492 e. The van der Waals surface area contributed by atoms with Crippen molar-refractivity contribution in [2.75, 3.05) is 19.8 Å². The quantitative estimate of drug-likeness (QED) is 0.638. The van der Waals surface area contributed by atoms with Gasteiger partial charge >= 0.3 is 0 Å². The average molecular weight is 393 g/mol. The van der Waals surface area contributed by atoms with E-state index in [4.69, 9.17) is 14.5 Å². The first kappa shape index (κ1) is 19.5. The number of carbonyl (C=O) groups is 1. The van der Waals surface area contributed by atoms with E-state index in [-0.39, 0.29) is 12.0 Å². The highest BCUT2D eigenvalue weighted by Gasteiger charge is 2.23. The smallest absolute Gasteiger partial charge is 0.249 e. The van der Waals surface area contributed by atoms with Crippen LogP contribution < -0.4 is 10.1 Å². The van der Waals surface area contributed by atoms with Gasteiger partial charge in [0.2, 0.25) is 5.91 Å². The number of benzene rings is 2. The molecule has 1 saturated heterocycles. The predicted octanol–water partition coefficient (Wildman–Crippen LogP) is 3.26. The summed E-state index contributed by atoms with van der Waals surface area (Å²) in [4.78, 5) is 16.9. The van der Waals surface area contributed by atoms with Crippen LogP contribution in [0.2, 0.25) is 0 Å². The average Bonchev–Trinajstić information content (AvgIpc) is 3.37. The molecule has 3 aromatic rings. The first-order valence-electron chi connectivity index (χ1n) is 10.2. The van der Waals surface area contributed by atoms with Crippen molar-refractivity contribution in [1.29, 1.82) is 0 Å². The largest absolute Gasteiger partial charge is 0.492 e. The first-order chi connectivity index (χ1) is 14.2. The molecule has 152 valence electrons. The molecule has 0 spiro atoms. The first-order valence-corrected chi connectivity index (χ1v) is 10.2. The molecule has 4 rings (SSSR count). The molecule has 6 nitrogen and oxygen atoms in total. The Kier molecular flexibility index (Phi) is 6.10. The maximum atomic E-state index is 12.2. The number of imidazole rings is 1. The number of para-hydroxylation sites is 2. The third-order valence-corrected chi connectivity index (χ3v) is 5.18. The van der Waals surface area contributed by atoms with Crippen LogP contribution in [0.1, 0.15) is 24.2 Å². The van der Waals surface area contributed by atoms with Crippen molar-refractivity contribution in [1.82, 2.24) is 14.9 Å². The van der Waals surface area contributed by atoms with Gasteiger partial charge in [-0.05, 0) is 49.6 Å². The molecular weight excluding hydrogens is 366 g/mol. The normalized spacial score (nSPS) is 16.2. The van der Waals surface area contributed by atoms with E-state index < -0.39 is 0 Å². The summed E-state index contributed by atoms with van der Waals surface area (Å²) < 4.78 is 13.6. The van der Waals surface area contributed by atoms with Crippen molar-refractivity contribution in [3.05, 3.63) is 59.9 Å². The lowest BCUT2D eigenvalue weighted by atomic mass is 10.2. The van der Waals surface area contributed by atoms with Gasteiger partial charge in [0, 0.05) is 19.6 Å². The Morgan fingerprint density at radius 2 is 2.17 bits per heavy atom. The predicted molar refractivity (Wildman–Crippen MR) is 112 cm³/mol. The van der Waals surface area contributed by atoms with Crippen LogP contribution in [0.4, 0.5) is 0 Å². The van der Waals surface area contributed by atoms with Crippen LogP contribution in [0.5, 0.6) is 5.75 Å². The second-order valence-electron chi connectivity index (χ2n) is 7.38. The molecule has 1 N–H and O–H groups in total. The molecule has 0 radical (unpaired) electrons. The minimum atomic E-state index is -0.295. The van der Waals surface area contributed by atoms with Crippen LogP contribution in [0.25, 0.3) is 11.0 Å². The molecular formula is C23H27N3O3. The van der Waals surface area contributed by atoms with E-state index in [1.165, 1.54) is 5.56 Å². The van der Waals surface area contributed by atoms with E-state index in [9.17, 15) is 4.79 Å². The topological polar surface area (TPSA) is 65.4 Å². The third kappa shape index (κ3) is 4.77. The number of aryl methyl sites for hydroxylation is 1. The molecule has 1 aliphatic rings. The summed E-state index contributed by atoms with van der Waals surface area (Å²) in [5, 5.41) is 2.98. The van der Waals surface area contributed by atoms with Crippen LogP contribution in [0, 0.1) is 6.92 Å².